The Morgan fingerprint density at radius 3 is 1.75 bits per heavy atom. The third-order valence-electron chi connectivity index (χ3n) is 2.41. The number of ether oxygens (including phenoxy) is 2. The molecule has 7 nitrogen and oxygen atoms in total. The first-order valence-electron chi connectivity index (χ1n) is 6.33. The van der Waals surface area contributed by atoms with Crippen molar-refractivity contribution in [2.75, 3.05) is 26.4 Å². The minimum Gasteiger partial charge on any atom is -0.394 e. The normalized spacial score (nSPS) is 14.2. The van der Waals surface area contributed by atoms with E-state index >= 15 is 0 Å². The molecule has 0 radical (unpaired) electrons. The van der Waals surface area contributed by atoms with E-state index in [9.17, 15) is 0 Å². The Morgan fingerprint density at radius 1 is 0.900 bits per heavy atom. The van der Waals surface area contributed by atoms with Crippen molar-refractivity contribution >= 4 is 0 Å². The van der Waals surface area contributed by atoms with Crippen LogP contribution in [0.25, 0.3) is 0 Å². The standard InChI is InChI=1S/C13H21NO6/c15-4-12(17)8-19-6-10-2-1-3-11(14-10)7-20-9-13(18)5-16/h1-3,12-13,15-18H,4-9H2. The van der Waals surface area contributed by atoms with E-state index < -0.39 is 12.2 Å². The van der Waals surface area contributed by atoms with Gasteiger partial charge in [0.1, 0.15) is 12.2 Å². The molecule has 4 N–H and O–H groups in total. The molecule has 1 heterocycles. The summed E-state index contributed by atoms with van der Waals surface area (Å²) >= 11 is 0. The van der Waals surface area contributed by atoms with Crippen LogP contribution in [-0.2, 0) is 22.7 Å². The zero-order valence-corrected chi connectivity index (χ0v) is 11.2. The number of rotatable bonds is 10. The summed E-state index contributed by atoms with van der Waals surface area (Å²) < 4.78 is 10.4. The van der Waals surface area contributed by atoms with Gasteiger partial charge in [0, 0.05) is 0 Å². The Hall–Kier alpha value is -1.09. The molecule has 0 bridgehead atoms. The van der Waals surface area contributed by atoms with Crippen LogP contribution in [0.5, 0.6) is 0 Å². The van der Waals surface area contributed by atoms with Crippen molar-refractivity contribution in [3.05, 3.63) is 29.6 Å². The van der Waals surface area contributed by atoms with Crippen LogP contribution in [0, 0.1) is 0 Å². The van der Waals surface area contributed by atoms with E-state index in [0.29, 0.717) is 11.4 Å². The lowest BCUT2D eigenvalue weighted by Crippen LogP contribution is -2.20. The first-order chi connectivity index (χ1) is 9.65. The third-order valence-corrected chi connectivity index (χ3v) is 2.41. The fourth-order valence-electron chi connectivity index (χ4n) is 1.39. The lowest BCUT2D eigenvalue weighted by atomic mass is 10.3. The maximum atomic E-state index is 9.12. The number of aliphatic hydroxyl groups excluding tert-OH is 4. The Labute approximate surface area is 117 Å². The van der Waals surface area contributed by atoms with Gasteiger partial charge in [0.15, 0.2) is 0 Å². The van der Waals surface area contributed by atoms with Gasteiger partial charge in [0.05, 0.1) is 51.0 Å². The largest absolute Gasteiger partial charge is 0.394 e. The van der Waals surface area contributed by atoms with Gasteiger partial charge in [0.25, 0.3) is 0 Å². The van der Waals surface area contributed by atoms with Crippen LogP contribution in [0.3, 0.4) is 0 Å². The van der Waals surface area contributed by atoms with E-state index in [2.05, 4.69) is 4.98 Å². The van der Waals surface area contributed by atoms with E-state index in [1.54, 1.807) is 18.2 Å². The van der Waals surface area contributed by atoms with Crippen LogP contribution in [0.2, 0.25) is 0 Å². The summed E-state index contributed by atoms with van der Waals surface area (Å²) in [6.07, 6.45) is -1.78. The quantitative estimate of drug-likeness (QED) is 0.428. The van der Waals surface area contributed by atoms with Gasteiger partial charge in [-0.1, -0.05) is 6.07 Å². The summed E-state index contributed by atoms with van der Waals surface area (Å²) in [5.74, 6) is 0. The number of aromatic nitrogens is 1. The van der Waals surface area contributed by atoms with Crippen molar-refractivity contribution < 1.29 is 29.9 Å². The fraction of sp³-hybridized carbons (Fsp3) is 0.615. The molecule has 1 aromatic heterocycles. The second kappa shape index (κ2) is 9.76. The second-order valence-corrected chi connectivity index (χ2v) is 4.32. The van der Waals surface area contributed by atoms with Gasteiger partial charge in [-0.2, -0.15) is 0 Å². The van der Waals surface area contributed by atoms with Gasteiger partial charge in [0.2, 0.25) is 0 Å². The summed E-state index contributed by atoms with van der Waals surface area (Å²) in [5.41, 5.74) is 1.36. The average molecular weight is 287 g/mol. The Kier molecular flexibility index (Phi) is 8.28. The van der Waals surface area contributed by atoms with Gasteiger partial charge in [-0.15, -0.1) is 0 Å². The molecule has 1 aromatic rings. The molecule has 0 amide bonds. The number of hydrogen-bond acceptors (Lipinski definition) is 7. The molecule has 0 aromatic carbocycles. The summed E-state index contributed by atoms with van der Waals surface area (Å²) in [5, 5.41) is 35.5. The molecular formula is C13H21NO6. The summed E-state index contributed by atoms with van der Waals surface area (Å²) in [4.78, 5) is 4.28. The zero-order valence-electron chi connectivity index (χ0n) is 11.2. The van der Waals surface area contributed by atoms with Crippen LogP contribution in [0.15, 0.2) is 18.2 Å². The number of aliphatic hydroxyl groups is 4. The van der Waals surface area contributed by atoms with Gasteiger partial charge in [-0.3, -0.25) is 4.98 Å². The lowest BCUT2D eigenvalue weighted by molar-refractivity contribution is -0.00310. The molecule has 20 heavy (non-hydrogen) atoms. The molecule has 0 aliphatic heterocycles. The van der Waals surface area contributed by atoms with E-state index in [4.69, 9.17) is 29.9 Å². The predicted octanol–water partition coefficient (Wildman–Crippen LogP) is -1.18. The number of pyridine rings is 1. The van der Waals surface area contributed by atoms with Crippen LogP contribution >= 0.6 is 0 Å². The minimum absolute atomic E-state index is 0.0433. The molecule has 0 aliphatic rings. The van der Waals surface area contributed by atoms with Crippen molar-refractivity contribution in [2.45, 2.75) is 25.4 Å². The van der Waals surface area contributed by atoms with Gasteiger partial charge >= 0.3 is 0 Å². The topological polar surface area (TPSA) is 112 Å². The molecule has 114 valence electrons. The summed E-state index contributed by atoms with van der Waals surface area (Å²) in [6.45, 7) is -0.138. The Morgan fingerprint density at radius 2 is 1.35 bits per heavy atom. The maximum absolute atomic E-state index is 9.12. The first-order valence-corrected chi connectivity index (χ1v) is 6.33. The first kappa shape index (κ1) is 17.0. The van der Waals surface area contributed by atoms with E-state index in [-0.39, 0.29) is 39.6 Å². The minimum atomic E-state index is -0.888. The maximum Gasteiger partial charge on any atom is 0.100 e. The van der Waals surface area contributed by atoms with Gasteiger partial charge in [-0.05, 0) is 12.1 Å². The highest BCUT2D eigenvalue weighted by Crippen LogP contribution is 2.03. The van der Waals surface area contributed by atoms with Crippen LogP contribution in [0.4, 0.5) is 0 Å². The monoisotopic (exact) mass is 287 g/mol. The molecular weight excluding hydrogens is 266 g/mol. The van der Waals surface area contributed by atoms with E-state index in [1.165, 1.54) is 0 Å². The summed E-state index contributed by atoms with van der Waals surface area (Å²) in [7, 11) is 0. The predicted molar refractivity (Wildman–Crippen MR) is 69.7 cm³/mol. The lowest BCUT2D eigenvalue weighted by Gasteiger charge is -2.10. The van der Waals surface area contributed by atoms with Crippen molar-refractivity contribution in [2.24, 2.45) is 0 Å². The average Bonchev–Trinajstić information content (AvgIpc) is 2.47. The molecule has 0 aliphatic carbocycles. The van der Waals surface area contributed by atoms with Gasteiger partial charge < -0.3 is 29.9 Å². The second-order valence-electron chi connectivity index (χ2n) is 4.32. The molecule has 7 heteroatoms. The number of nitrogens with zero attached hydrogens (tertiary/aromatic N) is 1. The molecule has 1 rings (SSSR count). The number of hydrogen-bond donors (Lipinski definition) is 4. The summed E-state index contributed by atoms with van der Waals surface area (Å²) in [6, 6.07) is 5.35. The Bertz CT molecular complexity index is 344. The molecule has 0 saturated carbocycles. The van der Waals surface area contributed by atoms with Crippen molar-refractivity contribution in [3.63, 3.8) is 0 Å². The SMILES string of the molecule is OCC(O)COCc1cccc(COCC(O)CO)n1. The highest BCUT2D eigenvalue weighted by atomic mass is 16.5. The smallest absolute Gasteiger partial charge is 0.100 e. The highest BCUT2D eigenvalue weighted by molar-refractivity contribution is 5.09. The molecule has 2 atom stereocenters. The fourth-order valence-corrected chi connectivity index (χ4v) is 1.39. The van der Waals surface area contributed by atoms with Crippen molar-refractivity contribution in [3.8, 4) is 0 Å². The zero-order chi connectivity index (χ0) is 14.8. The van der Waals surface area contributed by atoms with Crippen molar-refractivity contribution in [1.29, 1.82) is 0 Å². The highest BCUT2D eigenvalue weighted by Gasteiger charge is 2.05. The molecule has 0 fully saturated rings. The molecule has 0 spiro atoms. The van der Waals surface area contributed by atoms with Gasteiger partial charge in [-0.25, -0.2) is 0 Å². The van der Waals surface area contributed by atoms with Crippen LogP contribution < -0.4 is 0 Å². The van der Waals surface area contributed by atoms with E-state index in [0.717, 1.165) is 0 Å². The van der Waals surface area contributed by atoms with E-state index in [1.807, 2.05) is 0 Å². The van der Waals surface area contributed by atoms with Crippen LogP contribution in [0.1, 0.15) is 11.4 Å². The Balaban J connectivity index is 2.33. The molecule has 0 saturated heterocycles. The van der Waals surface area contributed by atoms with Crippen LogP contribution in [-0.4, -0.2) is 64.0 Å². The van der Waals surface area contributed by atoms with Crippen molar-refractivity contribution in [1.82, 2.24) is 4.98 Å². The third kappa shape index (κ3) is 6.90. The molecule has 2 unspecified atom stereocenters.